The number of rotatable bonds is 7. The Morgan fingerprint density at radius 3 is 2.54 bits per heavy atom. The molecular formula is C18H29N3O3. The van der Waals surface area contributed by atoms with Gasteiger partial charge in [0.2, 0.25) is 5.91 Å². The van der Waals surface area contributed by atoms with Crippen molar-refractivity contribution < 1.29 is 14.6 Å². The minimum atomic E-state index is -0.341. The van der Waals surface area contributed by atoms with Gasteiger partial charge in [0.05, 0.1) is 6.61 Å². The number of piperazine rings is 1. The largest absolute Gasteiger partial charge is 0.504 e. The summed E-state index contributed by atoms with van der Waals surface area (Å²) in [6, 6.07) is 4.90. The van der Waals surface area contributed by atoms with Gasteiger partial charge in [0.1, 0.15) is 6.04 Å². The molecule has 1 heterocycles. The lowest BCUT2D eigenvalue weighted by Crippen LogP contribution is -2.50. The van der Waals surface area contributed by atoms with Crippen LogP contribution in [0.3, 0.4) is 0 Å². The number of nitrogens with zero attached hydrogens (tertiary/aromatic N) is 2. The first-order valence-electron chi connectivity index (χ1n) is 8.81. The van der Waals surface area contributed by atoms with Crippen LogP contribution in [0.15, 0.2) is 18.2 Å². The summed E-state index contributed by atoms with van der Waals surface area (Å²) in [7, 11) is 0. The number of hydrogen-bond acceptors (Lipinski definition) is 5. The number of nitrogens with one attached hydrogen (secondary N) is 1. The molecular weight excluding hydrogens is 306 g/mol. The molecule has 0 bridgehead atoms. The zero-order valence-corrected chi connectivity index (χ0v) is 14.9. The molecule has 2 rings (SSSR count). The number of likely N-dealkylation sites (N-methyl/N-ethyl adjacent to an activating group) is 1. The van der Waals surface area contributed by atoms with Crippen molar-refractivity contribution in [2.45, 2.75) is 26.8 Å². The zero-order chi connectivity index (χ0) is 17.5. The number of carbonyl (C=O) groups is 1. The Morgan fingerprint density at radius 1 is 1.29 bits per heavy atom. The predicted octanol–water partition coefficient (Wildman–Crippen LogP) is 1.61. The molecule has 1 aliphatic rings. The van der Waals surface area contributed by atoms with Crippen LogP contribution in [0.5, 0.6) is 11.5 Å². The van der Waals surface area contributed by atoms with Gasteiger partial charge in [-0.1, -0.05) is 6.07 Å². The van der Waals surface area contributed by atoms with Gasteiger partial charge in [0, 0.05) is 39.3 Å². The van der Waals surface area contributed by atoms with Crippen LogP contribution in [0.25, 0.3) is 0 Å². The van der Waals surface area contributed by atoms with Crippen molar-refractivity contribution in [3.8, 4) is 11.5 Å². The molecule has 134 valence electrons. The summed E-state index contributed by atoms with van der Waals surface area (Å²) in [5.41, 5.74) is 0.870. The average Bonchev–Trinajstić information content (AvgIpc) is 2.60. The average molecular weight is 335 g/mol. The molecule has 1 saturated heterocycles. The first-order valence-corrected chi connectivity index (χ1v) is 8.81. The minimum Gasteiger partial charge on any atom is -0.504 e. The molecule has 6 nitrogen and oxygen atoms in total. The molecule has 1 aromatic rings. The van der Waals surface area contributed by atoms with E-state index in [1.54, 1.807) is 12.1 Å². The van der Waals surface area contributed by atoms with E-state index < -0.39 is 0 Å². The summed E-state index contributed by atoms with van der Waals surface area (Å²) in [5, 5.41) is 13.3. The molecule has 2 N–H and O–H groups in total. The van der Waals surface area contributed by atoms with Crippen molar-refractivity contribution in [1.82, 2.24) is 15.1 Å². The van der Waals surface area contributed by atoms with E-state index in [-0.39, 0.29) is 17.7 Å². The van der Waals surface area contributed by atoms with E-state index in [4.69, 9.17) is 4.74 Å². The van der Waals surface area contributed by atoms with E-state index in [2.05, 4.69) is 10.2 Å². The van der Waals surface area contributed by atoms with E-state index in [9.17, 15) is 9.90 Å². The summed E-state index contributed by atoms with van der Waals surface area (Å²) in [6.45, 7) is 11.1. The number of benzene rings is 1. The first-order chi connectivity index (χ1) is 11.6. The van der Waals surface area contributed by atoms with Crippen molar-refractivity contribution in [2.24, 2.45) is 0 Å². The van der Waals surface area contributed by atoms with Gasteiger partial charge in [-0.25, -0.2) is 0 Å². The lowest BCUT2D eigenvalue weighted by Gasteiger charge is -2.37. The van der Waals surface area contributed by atoms with Gasteiger partial charge in [0.25, 0.3) is 0 Å². The van der Waals surface area contributed by atoms with Gasteiger partial charge in [-0.2, -0.15) is 0 Å². The highest BCUT2D eigenvalue weighted by Crippen LogP contribution is 2.32. The Morgan fingerprint density at radius 2 is 1.96 bits per heavy atom. The number of phenols is 1. The highest BCUT2D eigenvalue weighted by molar-refractivity contribution is 5.83. The molecule has 1 amide bonds. The fourth-order valence-corrected chi connectivity index (χ4v) is 3.13. The number of amides is 1. The van der Waals surface area contributed by atoms with Crippen molar-refractivity contribution in [1.29, 1.82) is 0 Å². The highest BCUT2D eigenvalue weighted by Gasteiger charge is 2.31. The summed E-state index contributed by atoms with van der Waals surface area (Å²) >= 11 is 0. The van der Waals surface area contributed by atoms with E-state index in [0.717, 1.165) is 31.7 Å². The number of ether oxygens (including phenoxy) is 1. The van der Waals surface area contributed by atoms with E-state index in [1.807, 2.05) is 31.7 Å². The molecule has 0 spiro atoms. The standard InChI is InChI=1S/C18H29N3O3/c1-4-20(5-2)18(23)17(21-11-9-19-10-12-21)14-7-8-15(22)16(13-14)24-6-3/h7-8,13,17,19,22H,4-6,9-12H2,1-3H3. The molecule has 1 fully saturated rings. The molecule has 0 saturated carbocycles. The van der Waals surface area contributed by atoms with Crippen LogP contribution in [0.2, 0.25) is 0 Å². The Labute approximate surface area is 144 Å². The lowest BCUT2D eigenvalue weighted by molar-refractivity contribution is -0.137. The van der Waals surface area contributed by atoms with Crippen LogP contribution in [-0.2, 0) is 4.79 Å². The van der Waals surface area contributed by atoms with Crippen LogP contribution in [0.4, 0.5) is 0 Å². The third-order valence-electron chi connectivity index (χ3n) is 4.43. The normalized spacial score (nSPS) is 16.6. The SMILES string of the molecule is CCOc1cc(C(C(=O)N(CC)CC)N2CCNCC2)ccc1O. The van der Waals surface area contributed by atoms with Crippen LogP contribution in [0.1, 0.15) is 32.4 Å². The van der Waals surface area contributed by atoms with E-state index in [1.165, 1.54) is 0 Å². The maximum absolute atomic E-state index is 13.1. The second-order valence-corrected chi connectivity index (χ2v) is 5.86. The minimum absolute atomic E-state index is 0.106. The monoisotopic (exact) mass is 335 g/mol. The van der Waals surface area contributed by atoms with Gasteiger partial charge < -0.3 is 20.1 Å². The second kappa shape index (κ2) is 8.89. The zero-order valence-electron chi connectivity index (χ0n) is 14.9. The molecule has 0 radical (unpaired) electrons. The van der Waals surface area contributed by atoms with Crippen molar-refractivity contribution in [2.75, 3.05) is 45.9 Å². The molecule has 1 aliphatic heterocycles. The summed E-state index contributed by atoms with van der Waals surface area (Å²) in [4.78, 5) is 17.2. The van der Waals surface area contributed by atoms with Gasteiger partial charge in [0.15, 0.2) is 11.5 Å². The quantitative estimate of drug-likeness (QED) is 0.792. The second-order valence-electron chi connectivity index (χ2n) is 5.86. The summed E-state index contributed by atoms with van der Waals surface area (Å²) in [6.07, 6.45) is 0. The number of hydrogen-bond donors (Lipinski definition) is 2. The fourth-order valence-electron chi connectivity index (χ4n) is 3.13. The summed E-state index contributed by atoms with van der Waals surface area (Å²) < 4.78 is 5.50. The van der Waals surface area contributed by atoms with Crippen LogP contribution < -0.4 is 10.1 Å². The van der Waals surface area contributed by atoms with E-state index >= 15 is 0 Å². The third kappa shape index (κ3) is 4.19. The van der Waals surface area contributed by atoms with Crippen LogP contribution in [-0.4, -0.2) is 66.7 Å². The molecule has 1 unspecified atom stereocenters. The molecule has 0 aliphatic carbocycles. The highest BCUT2D eigenvalue weighted by atomic mass is 16.5. The molecule has 1 atom stereocenters. The Hall–Kier alpha value is -1.79. The van der Waals surface area contributed by atoms with Crippen molar-refractivity contribution >= 4 is 5.91 Å². The molecule has 1 aromatic carbocycles. The molecule has 24 heavy (non-hydrogen) atoms. The lowest BCUT2D eigenvalue weighted by atomic mass is 10.0. The predicted molar refractivity (Wildman–Crippen MR) is 94.4 cm³/mol. The Kier molecular flexibility index (Phi) is 6.87. The Balaban J connectivity index is 2.37. The van der Waals surface area contributed by atoms with Crippen molar-refractivity contribution in [3.63, 3.8) is 0 Å². The topological polar surface area (TPSA) is 65.0 Å². The smallest absolute Gasteiger partial charge is 0.244 e. The van der Waals surface area contributed by atoms with E-state index in [0.29, 0.717) is 25.4 Å². The number of phenolic OH excluding ortho intramolecular Hbond substituents is 1. The van der Waals surface area contributed by atoms with Crippen LogP contribution in [0, 0.1) is 0 Å². The van der Waals surface area contributed by atoms with Crippen LogP contribution >= 0.6 is 0 Å². The number of aromatic hydroxyl groups is 1. The Bertz CT molecular complexity index is 540. The number of carbonyl (C=O) groups excluding carboxylic acids is 1. The van der Waals surface area contributed by atoms with Gasteiger partial charge >= 0.3 is 0 Å². The first kappa shape index (κ1) is 18.5. The fraction of sp³-hybridized carbons (Fsp3) is 0.611. The summed E-state index contributed by atoms with van der Waals surface area (Å²) in [5.74, 6) is 0.646. The van der Waals surface area contributed by atoms with Gasteiger partial charge in [-0.05, 0) is 38.5 Å². The van der Waals surface area contributed by atoms with Gasteiger partial charge in [-0.3, -0.25) is 9.69 Å². The molecule has 6 heteroatoms. The van der Waals surface area contributed by atoms with Crippen molar-refractivity contribution in [3.05, 3.63) is 23.8 Å². The third-order valence-corrected chi connectivity index (χ3v) is 4.43. The van der Waals surface area contributed by atoms with Gasteiger partial charge in [-0.15, -0.1) is 0 Å². The maximum atomic E-state index is 13.1. The maximum Gasteiger partial charge on any atom is 0.244 e. The molecule has 0 aromatic heterocycles.